The molecule has 0 unspecified atom stereocenters. The highest BCUT2D eigenvalue weighted by Gasteiger charge is 2.21. The summed E-state index contributed by atoms with van der Waals surface area (Å²) in [5.74, 6) is 1.63. The van der Waals surface area contributed by atoms with E-state index >= 15 is 0 Å². The molecule has 1 saturated heterocycles. The average molecular weight is 395 g/mol. The van der Waals surface area contributed by atoms with Crippen LogP contribution >= 0.6 is 11.6 Å². The minimum Gasteiger partial charge on any atom is -0.353 e. The third-order valence-corrected chi connectivity index (χ3v) is 4.86. The molecule has 2 aromatic heterocycles. The second-order valence-electron chi connectivity index (χ2n) is 6.40. The summed E-state index contributed by atoms with van der Waals surface area (Å²) in [7, 11) is 0. The normalized spacial score (nSPS) is 14.6. The molecule has 3 heterocycles. The Bertz CT molecular complexity index is 963. The van der Waals surface area contributed by atoms with Crippen molar-refractivity contribution in [2.75, 3.05) is 31.1 Å². The number of hydrogen-bond acceptors (Lipinski definition) is 5. The van der Waals surface area contributed by atoms with Crippen LogP contribution in [0.4, 0.5) is 5.82 Å². The minimum atomic E-state index is 0.0105. The lowest BCUT2D eigenvalue weighted by molar-refractivity contribution is -0.126. The van der Waals surface area contributed by atoms with Crippen LogP contribution in [-0.2, 0) is 4.79 Å². The number of amides is 1. The summed E-state index contributed by atoms with van der Waals surface area (Å²) >= 11 is 5.88. The van der Waals surface area contributed by atoms with Crippen molar-refractivity contribution < 1.29 is 4.79 Å². The highest BCUT2D eigenvalue weighted by atomic mass is 35.5. The van der Waals surface area contributed by atoms with Crippen molar-refractivity contribution in [3.8, 4) is 5.82 Å². The number of carbonyl (C=O) groups excluding carboxylic acids is 1. The molecule has 1 aromatic carbocycles. The Morgan fingerprint density at radius 2 is 1.79 bits per heavy atom. The Kier molecular flexibility index (Phi) is 5.34. The van der Waals surface area contributed by atoms with Gasteiger partial charge in [0.15, 0.2) is 0 Å². The number of anilines is 1. The van der Waals surface area contributed by atoms with Gasteiger partial charge in [-0.25, -0.2) is 15.0 Å². The maximum atomic E-state index is 12.4. The molecule has 142 valence electrons. The Morgan fingerprint density at radius 1 is 1.04 bits per heavy atom. The highest BCUT2D eigenvalue weighted by Crippen LogP contribution is 2.16. The van der Waals surface area contributed by atoms with Crippen LogP contribution in [0.5, 0.6) is 0 Å². The topological polar surface area (TPSA) is 67.2 Å². The van der Waals surface area contributed by atoms with Gasteiger partial charge in [-0.1, -0.05) is 23.7 Å². The van der Waals surface area contributed by atoms with Crippen LogP contribution in [-0.4, -0.2) is 56.5 Å². The van der Waals surface area contributed by atoms with Crippen LogP contribution in [0, 0.1) is 0 Å². The Labute approximate surface area is 167 Å². The molecule has 4 rings (SSSR count). The number of rotatable bonds is 4. The lowest BCUT2D eigenvalue weighted by Gasteiger charge is -2.35. The third kappa shape index (κ3) is 4.20. The molecule has 1 aliphatic rings. The number of hydrogen-bond donors (Lipinski definition) is 0. The molecule has 0 atom stereocenters. The fourth-order valence-electron chi connectivity index (χ4n) is 3.05. The summed E-state index contributed by atoms with van der Waals surface area (Å²) in [4.78, 5) is 29.2. The van der Waals surface area contributed by atoms with Gasteiger partial charge in [-0.15, -0.1) is 0 Å². The number of benzene rings is 1. The quantitative estimate of drug-likeness (QED) is 0.636. The summed E-state index contributed by atoms with van der Waals surface area (Å²) in [6.45, 7) is 2.74. The van der Waals surface area contributed by atoms with E-state index in [1.54, 1.807) is 24.9 Å². The Hall–Kier alpha value is -3.19. The van der Waals surface area contributed by atoms with Crippen LogP contribution in [0.15, 0.2) is 61.5 Å². The Morgan fingerprint density at radius 3 is 2.50 bits per heavy atom. The fraction of sp³-hybridized carbons (Fsp3) is 0.200. The fourth-order valence-corrected chi connectivity index (χ4v) is 3.17. The van der Waals surface area contributed by atoms with Gasteiger partial charge in [-0.3, -0.25) is 9.36 Å². The van der Waals surface area contributed by atoms with E-state index in [0.29, 0.717) is 18.1 Å². The van der Waals surface area contributed by atoms with E-state index in [1.165, 1.54) is 0 Å². The van der Waals surface area contributed by atoms with Crippen LogP contribution in [0.3, 0.4) is 0 Å². The molecule has 0 N–H and O–H groups in total. The predicted octanol–water partition coefficient (Wildman–Crippen LogP) is 2.68. The molecule has 3 aromatic rings. The first-order valence-electron chi connectivity index (χ1n) is 8.97. The van der Waals surface area contributed by atoms with Crippen LogP contribution in [0.2, 0.25) is 5.02 Å². The van der Waals surface area contributed by atoms with Crippen LogP contribution in [0.25, 0.3) is 11.9 Å². The summed E-state index contributed by atoms with van der Waals surface area (Å²) in [5.41, 5.74) is 0.949. The second-order valence-corrected chi connectivity index (χ2v) is 6.84. The van der Waals surface area contributed by atoms with E-state index in [-0.39, 0.29) is 5.91 Å². The van der Waals surface area contributed by atoms with Gasteiger partial charge < -0.3 is 9.80 Å². The van der Waals surface area contributed by atoms with Gasteiger partial charge in [0.1, 0.15) is 24.3 Å². The molecular formula is C20H19ClN6O. The number of halogens is 1. The van der Waals surface area contributed by atoms with Crippen molar-refractivity contribution >= 4 is 29.4 Å². The molecule has 1 aliphatic heterocycles. The third-order valence-electron chi connectivity index (χ3n) is 4.61. The van der Waals surface area contributed by atoms with E-state index in [0.717, 1.165) is 30.3 Å². The first-order chi connectivity index (χ1) is 13.7. The zero-order valence-corrected chi connectivity index (χ0v) is 15.9. The molecule has 0 radical (unpaired) electrons. The summed E-state index contributed by atoms with van der Waals surface area (Å²) in [6, 6.07) is 9.32. The van der Waals surface area contributed by atoms with Gasteiger partial charge in [-0.2, -0.15) is 0 Å². The summed E-state index contributed by atoms with van der Waals surface area (Å²) < 4.78 is 1.84. The number of piperazine rings is 1. The first-order valence-corrected chi connectivity index (χ1v) is 9.35. The van der Waals surface area contributed by atoms with E-state index in [9.17, 15) is 4.79 Å². The van der Waals surface area contributed by atoms with E-state index in [2.05, 4.69) is 19.9 Å². The maximum Gasteiger partial charge on any atom is 0.246 e. The van der Waals surface area contributed by atoms with Crippen LogP contribution in [0.1, 0.15) is 5.56 Å². The molecule has 0 aliphatic carbocycles. The van der Waals surface area contributed by atoms with Crippen molar-refractivity contribution in [2.24, 2.45) is 0 Å². The monoisotopic (exact) mass is 394 g/mol. The van der Waals surface area contributed by atoms with Crippen molar-refractivity contribution in [3.63, 3.8) is 0 Å². The molecule has 0 bridgehead atoms. The van der Waals surface area contributed by atoms with Crippen molar-refractivity contribution in [1.29, 1.82) is 0 Å². The molecule has 1 amide bonds. The zero-order valence-electron chi connectivity index (χ0n) is 15.1. The van der Waals surface area contributed by atoms with Gasteiger partial charge in [-0.05, 0) is 23.8 Å². The summed E-state index contributed by atoms with van der Waals surface area (Å²) in [6.07, 6.45) is 10.2. The number of carbonyl (C=O) groups is 1. The minimum absolute atomic E-state index is 0.0105. The molecule has 28 heavy (non-hydrogen) atoms. The van der Waals surface area contributed by atoms with Gasteiger partial charge in [0.05, 0.1) is 0 Å². The molecule has 0 spiro atoms. The van der Waals surface area contributed by atoms with Crippen LogP contribution < -0.4 is 4.90 Å². The standard InChI is InChI=1S/C20H19ClN6O/c21-17-4-1-16(2-5-17)3-6-20(28)26-11-9-25(10-12-26)18-13-19(24-14-23-18)27-8-7-22-15-27/h1-8,13-15H,9-12H2/b6-3+. The molecule has 1 fully saturated rings. The average Bonchev–Trinajstić information content (AvgIpc) is 3.28. The lowest BCUT2D eigenvalue weighted by atomic mass is 10.2. The maximum absolute atomic E-state index is 12.4. The largest absolute Gasteiger partial charge is 0.353 e. The van der Waals surface area contributed by atoms with Gasteiger partial charge >= 0.3 is 0 Å². The van der Waals surface area contributed by atoms with Crippen molar-refractivity contribution in [3.05, 3.63) is 72.0 Å². The summed E-state index contributed by atoms with van der Waals surface area (Å²) in [5, 5.41) is 0.681. The zero-order chi connectivity index (χ0) is 19.3. The van der Waals surface area contributed by atoms with Crippen molar-refractivity contribution in [2.45, 2.75) is 0 Å². The van der Waals surface area contributed by atoms with Gasteiger partial charge in [0, 0.05) is 55.7 Å². The molecule has 0 saturated carbocycles. The van der Waals surface area contributed by atoms with E-state index < -0.39 is 0 Å². The molecule has 8 heteroatoms. The van der Waals surface area contributed by atoms with E-state index in [1.807, 2.05) is 52.1 Å². The van der Waals surface area contributed by atoms with Crippen molar-refractivity contribution in [1.82, 2.24) is 24.4 Å². The number of nitrogens with zero attached hydrogens (tertiary/aromatic N) is 6. The van der Waals surface area contributed by atoms with Gasteiger partial charge in [0.25, 0.3) is 0 Å². The molecular weight excluding hydrogens is 376 g/mol. The Balaban J connectivity index is 1.36. The molecule has 7 nitrogen and oxygen atoms in total. The predicted molar refractivity (Wildman–Crippen MR) is 108 cm³/mol. The highest BCUT2D eigenvalue weighted by molar-refractivity contribution is 6.30. The second kappa shape index (κ2) is 8.22. The van der Waals surface area contributed by atoms with Gasteiger partial charge in [0.2, 0.25) is 5.91 Å². The first kappa shape index (κ1) is 18.2. The number of aromatic nitrogens is 4. The lowest BCUT2D eigenvalue weighted by Crippen LogP contribution is -2.48. The number of imidazole rings is 1. The smallest absolute Gasteiger partial charge is 0.246 e. The van der Waals surface area contributed by atoms with E-state index in [4.69, 9.17) is 11.6 Å². The SMILES string of the molecule is O=C(/C=C/c1ccc(Cl)cc1)N1CCN(c2cc(-n3ccnc3)ncn2)CC1.